The van der Waals surface area contributed by atoms with Crippen LogP contribution in [0.3, 0.4) is 0 Å². The number of likely N-dealkylation sites (N-methyl/N-ethyl adjacent to an activating group) is 1. The van der Waals surface area contributed by atoms with Crippen LogP contribution in [-0.4, -0.2) is 93.3 Å². The molecule has 0 radical (unpaired) electrons. The number of benzene rings is 2. The first-order chi connectivity index (χ1) is 20.6. The molecule has 11 heteroatoms. The van der Waals surface area contributed by atoms with Crippen LogP contribution in [0.5, 0.6) is 11.8 Å². The van der Waals surface area contributed by atoms with Crippen LogP contribution in [0.2, 0.25) is 0 Å². The molecule has 0 saturated carbocycles. The summed E-state index contributed by atoms with van der Waals surface area (Å²) in [5.74, 6) is 1.44. The number of hydrogen-bond donors (Lipinski definition) is 0. The second-order valence-electron chi connectivity index (χ2n) is 11.6. The largest absolute Gasteiger partial charge is 0.497 e. The lowest BCUT2D eigenvalue weighted by Gasteiger charge is -2.48. The Balaban J connectivity index is 1.32. The molecule has 2 aromatic carbocycles. The molecule has 1 atom stereocenters. The Labute approximate surface area is 255 Å². The van der Waals surface area contributed by atoms with E-state index in [9.17, 15) is 8.42 Å². The van der Waals surface area contributed by atoms with Crippen molar-refractivity contribution in [3.05, 3.63) is 71.4 Å². The van der Waals surface area contributed by atoms with Gasteiger partial charge in [0.05, 0.1) is 31.3 Å². The fourth-order valence-corrected chi connectivity index (χ4v) is 7.94. The summed E-state index contributed by atoms with van der Waals surface area (Å²) in [5, 5.41) is 0. The molecular weight excluding hydrogens is 566 g/mol. The number of hydrogen-bond acceptors (Lipinski definition) is 9. The van der Waals surface area contributed by atoms with Gasteiger partial charge in [-0.2, -0.15) is 9.29 Å². The first kappa shape index (κ1) is 31.2. The Kier molecular flexibility index (Phi) is 9.55. The molecule has 1 unspecified atom stereocenters. The van der Waals surface area contributed by atoms with E-state index in [2.05, 4.69) is 21.7 Å². The van der Waals surface area contributed by atoms with Crippen LogP contribution in [0.1, 0.15) is 42.5 Å². The smallest absolute Gasteiger partial charge is 0.318 e. The van der Waals surface area contributed by atoms with Gasteiger partial charge in [-0.3, -0.25) is 4.90 Å². The highest BCUT2D eigenvalue weighted by Gasteiger charge is 2.37. The molecule has 43 heavy (non-hydrogen) atoms. The first-order valence-corrected chi connectivity index (χ1v) is 16.3. The van der Waals surface area contributed by atoms with Crippen molar-refractivity contribution in [1.29, 1.82) is 0 Å². The van der Waals surface area contributed by atoms with Crippen molar-refractivity contribution in [3.63, 3.8) is 0 Å². The molecule has 232 valence electrons. The molecule has 10 nitrogen and oxygen atoms in total. The molecule has 0 N–H and O–H groups in total. The molecular formula is C32H43N5O5S. The van der Waals surface area contributed by atoms with Gasteiger partial charge in [0.25, 0.3) is 0 Å². The molecule has 2 fully saturated rings. The van der Waals surface area contributed by atoms with E-state index in [1.807, 2.05) is 36.4 Å². The zero-order valence-electron chi connectivity index (χ0n) is 25.8. The Hall–Kier alpha value is -3.25. The molecule has 0 amide bonds. The second kappa shape index (κ2) is 13.2. The number of anilines is 1. The van der Waals surface area contributed by atoms with Crippen LogP contribution in [0.4, 0.5) is 5.82 Å². The zero-order chi connectivity index (χ0) is 30.6. The van der Waals surface area contributed by atoms with Crippen molar-refractivity contribution in [2.75, 3.05) is 65.1 Å². The average molecular weight is 610 g/mol. The van der Waals surface area contributed by atoms with Crippen LogP contribution in [0.25, 0.3) is 0 Å². The molecule has 1 aromatic heterocycles. The minimum atomic E-state index is -3.89. The van der Waals surface area contributed by atoms with Crippen LogP contribution in [0.15, 0.2) is 59.6 Å². The zero-order valence-corrected chi connectivity index (χ0v) is 26.6. The quantitative estimate of drug-likeness (QED) is 0.335. The Bertz CT molecular complexity index is 1470. The van der Waals surface area contributed by atoms with Gasteiger partial charge in [0.2, 0.25) is 10.0 Å². The van der Waals surface area contributed by atoms with Crippen LogP contribution < -0.4 is 14.4 Å². The normalized spacial score (nSPS) is 18.4. The minimum absolute atomic E-state index is 0.0482. The number of methoxy groups -OCH3 is 1. The standard InChI is InChI=1S/C32H43N5O5S/c1-24-21-27(40-5)22-25(2)30(24)43(38,39)35(4)28(26-9-7-6-8-10-26)23-42-31-33-14-11-29(34-31)36-15-12-32(3,13-16-36)37-17-19-41-20-18-37/h6-11,14,21-22,28H,12-13,15-20,23H2,1-5H3. The third-order valence-corrected chi connectivity index (χ3v) is 11.0. The van der Waals surface area contributed by atoms with E-state index in [0.29, 0.717) is 16.9 Å². The highest BCUT2D eigenvalue weighted by molar-refractivity contribution is 7.89. The van der Waals surface area contributed by atoms with Gasteiger partial charge in [0.15, 0.2) is 0 Å². The number of piperidine rings is 1. The third-order valence-electron chi connectivity index (χ3n) is 8.86. The number of morpholine rings is 1. The van der Waals surface area contributed by atoms with Gasteiger partial charge in [-0.05, 0) is 68.5 Å². The van der Waals surface area contributed by atoms with E-state index >= 15 is 0 Å². The van der Waals surface area contributed by atoms with Crippen molar-refractivity contribution in [1.82, 2.24) is 19.2 Å². The van der Waals surface area contributed by atoms with Crippen LogP contribution >= 0.6 is 0 Å². The number of ether oxygens (including phenoxy) is 3. The minimum Gasteiger partial charge on any atom is -0.497 e. The number of aryl methyl sites for hydroxylation is 2. The number of rotatable bonds is 10. The third kappa shape index (κ3) is 6.80. The summed E-state index contributed by atoms with van der Waals surface area (Å²) in [5.41, 5.74) is 2.22. The van der Waals surface area contributed by atoms with Gasteiger partial charge in [0, 0.05) is 45.0 Å². The van der Waals surface area contributed by atoms with E-state index in [-0.39, 0.29) is 23.1 Å². The summed E-state index contributed by atoms with van der Waals surface area (Å²) in [4.78, 5) is 14.2. The predicted molar refractivity (Wildman–Crippen MR) is 166 cm³/mol. The van der Waals surface area contributed by atoms with Crippen molar-refractivity contribution < 1.29 is 22.6 Å². The summed E-state index contributed by atoms with van der Waals surface area (Å²) in [6.45, 7) is 11.3. The molecule has 0 bridgehead atoms. The van der Waals surface area contributed by atoms with Crippen molar-refractivity contribution >= 4 is 15.8 Å². The van der Waals surface area contributed by atoms with Crippen LogP contribution in [0, 0.1) is 13.8 Å². The van der Waals surface area contributed by atoms with Gasteiger partial charge >= 0.3 is 6.01 Å². The maximum absolute atomic E-state index is 14.0. The number of sulfonamides is 1. The topological polar surface area (TPSA) is 97.3 Å². The molecule has 3 heterocycles. The summed E-state index contributed by atoms with van der Waals surface area (Å²) in [6.07, 6.45) is 3.78. The maximum atomic E-state index is 14.0. The first-order valence-electron chi connectivity index (χ1n) is 14.8. The monoisotopic (exact) mass is 609 g/mol. The molecule has 0 aliphatic carbocycles. The van der Waals surface area contributed by atoms with Gasteiger partial charge in [0.1, 0.15) is 18.2 Å². The molecule has 2 saturated heterocycles. The molecule has 2 aliphatic heterocycles. The van der Waals surface area contributed by atoms with E-state index in [4.69, 9.17) is 19.2 Å². The highest BCUT2D eigenvalue weighted by Crippen LogP contribution is 2.34. The summed E-state index contributed by atoms with van der Waals surface area (Å²) in [6, 6.07) is 14.5. The fraction of sp³-hybridized carbons (Fsp3) is 0.500. The maximum Gasteiger partial charge on any atom is 0.318 e. The summed E-state index contributed by atoms with van der Waals surface area (Å²) < 4.78 is 46.4. The lowest BCUT2D eigenvalue weighted by atomic mass is 9.87. The fourth-order valence-electron chi connectivity index (χ4n) is 6.20. The number of aromatic nitrogens is 2. The van der Waals surface area contributed by atoms with Gasteiger partial charge in [-0.1, -0.05) is 30.3 Å². The van der Waals surface area contributed by atoms with Gasteiger partial charge in [-0.15, -0.1) is 0 Å². The average Bonchev–Trinajstić information content (AvgIpc) is 3.02. The molecule has 5 rings (SSSR count). The molecule has 0 spiro atoms. The predicted octanol–water partition coefficient (Wildman–Crippen LogP) is 4.23. The summed E-state index contributed by atoms with van der Waals surface area (Å²) >= 11 is 0. The Morgan fingerprint density at radius 3 is 2.30 bits per heavy atom. The highest BCUT2D eigenvalue weighted by atomic mass is 32.2. The molecule has 2 aliphatic rings. The van der Waals surface area contributed by atoms with E-state index in [1.54, 1.807) is 46.3 Å². The van der Waals surface area contributed by atoms with E-state index in [0.717, 1.165) is 63.6 Å². The van der Waals surface area contributed by atoms with E-state index < -0.39 is 16.1 Å². The van der Waals surface area contributed by atoms with Crippen molar-refractivity contribution in [3.8, 4) is 11.8 Å². The Morgan fingerprint density at radius 1 is 1.02 bits per heavy atom. The van der Waals surface area contributed by atoms with E-state index in [1.165, 1.54) is 4.31 Å². The van der Waals surface area contributed by atoms with Crippen molar-refractivity contribution in [2.45, 2.75) is 50.1 Å². The lowest BCUT2D eigenvalue weighted by molar-refractivity contribution is -0.0249. The van der Waals surface area contributed by atoms with Gasteiger partial charge < -0.3 is 19.1 Å². The second-order valence-corrected chi connectivity index (χ2v) is 13.6. The number of nitrogens with zero attached hydrogens (tertiary/aromatic N) is 5. The Morgan fingerprint density at radius 2 is 1.67 bits per heavy atom. The SMILES string of the molecule is COc1cc(C)c(S(=O)(=O)N(C)C(COc2nccc(N3CCC(C)(N4CCOCC4)CC3)n2)c2ccccc2)c(C)c1. The van der Waals surface area contributed by atoms with Gasteiger partial charge in [-0.25, -0.2) is 13.4 Å². The lowest BCUT2D eigenvalue weighted by Crippen LogP contribution is -2.56. The molecule has 3 aromatic rings. The van der Waals surface area contributed by atoms with Crippen LogP contribution in [-0.2, 0) is 14.8 Å². The van der Waals surface area contributed by atoms with Crippen molar-refractivity contribution in [2.24, 2.45) is 0 Å². The summed E-state index contributed by atoms with van der Waals surface area (Å²) in [7, 11) is -0.721.